The monoisotopic (exact) mass is 251 g/mol. The summed E-state index contributed by atoms with van der Waals surface area (Å²) in [6.45, 7) is 9.73. The number of aromatic nitrogens is 1. The van der Waals surface area contributed by atoms with E-state index in [1.807, 2.05) is 34.6 Å². The summed E-state index contributed by atoms with van der Waals surface area (Å²) in [4.78, 5) is 15.2. The molecule has 5 heteroatoms. The van der Waals surface area contributed by atoms with Gasteiger partial charge in [-0.15, -0.1) is 0 Å². The molecule has 1 aromatic heterocycles. The van der Waals surface area contributed by atoms with Crippen LogP contribution < -0.4 is 11.1 Å². The fourth-order valence-electron chi connectivity index (χ4n) is 2.15. The van der Waals surface area contributed by atoms with E-state index in [9.17, 15) is 4.79 Å². The Kier molecular flexibility index (Phi) is 3.84. The number of carboxylic acid groups (broad SMARTS) is 1. The van der Waals surface area contributed by atoms with Crippen LogP contribution in [0.25, 0.3) is 0 Å². The minimum atomic E-state index is -1.04. The van der Waals surface area contributed by atoms with Gasteiger partial charge in [0.25, 0.3) is 0 Å². The fraction of sp³-hybridized carbons (Fsp3) is 0.538. The van der Waals surface area contributed by atoms with E-state index in [1.165, 1.54) is 0 Å². The second-order valence-electron chi connectivity index (χ2n) is 5.61. The highest BCUT2D eigenvalue weighted by molar-refractivity contribution is 5.65. The lowest BCUT2D eigenvalue weighted by Crippen LogP contribution is -2.36. The average Bonchev–Trinajstić information content (AvgIpc) is 2.12. The van der Waals surface area contributed by atoms with Gasteiger partial charge in [0.15, 0.2) is 0 Å². The molecule has 0 bridgehead atoms. The van der Waals surface area contributed by atoms with Crippen LogP contribution in [0.1, 0.15) is 43.6 Å². The molecule has 0 aromatic carbocycles. The van der Waals surface area contributed by atoms with E-state index in [-0.39, 0.29) is 11.5 Å². The van der Waals surface area contributed by atoms with E-state index in [4.69, 9.17) is 10.8 Å². The molecule has 4 N–H and O–H groups in total. The van der Waals surface area contributed by atoms with E-state index in [2.05, 4.69) is 10.3 Å². The molecule has 5 nitrogen and oxygen atoms in total. The maximum Gasteiger partial charge on any atom is 0.405 e. The molecule has 0 saturated carbocycles. The molecule has 1 heterocycles. The summed E-state index contributed by atoms with van der Waals surface area (Å²) in [7, 11) is 0. The molecule has 0 radical (unpaired) electrons. The Morgan fingerprint density at radius 3 is 2.39 bits per heavy atom. The molecule has 0 fully saturated rings. The summed E-state index contributed by atoms with van der Waals surface area (Å²) in [5.41, 5.74) is 8.07. The second kappa shape index (κ2) is 4.84. The first-order valence-electron chi connectivity index (χ1n) is 5.86. The third kappa shape index (κ3) is 3.12. The van der Waals surface area contributed by atoms with Crippen molar-refractivity contribution in [2.45, 2.75) is 40.7 Å². The predicted molar refractivity (Wildman–Crippen MR) is 71.5 cm³/mol. The number of amides is 1. The first-order chi connectivity index (χ1) is 8.12. The van der Waals surface area contributed by atoms with Crippen LogP contribution in [0.3, 0.4) is 0 Å². The van der Waals surface area contributed by atoms with E-state index in [0.717, 1.165) is 16.8 Å². The fourth-order valence-corrected chi connectivity index (χ4v) is 2.15. The Bertz CT molecular complexity index is 441. The molecule has 0 aliphatic carbocycles. The van der Waals surface area contributed by atoms with Crippen LogP contribution >= 0.6 is 0 Å². The van der Waals surface area contributed by atoms with Gasteiger partial charge in [0.05, 0.1) is 6.04 Å². The van der Waals surface area contributed by atoms with Crippen LogP contribution in [0.4, 0.5) is 10.6 Å². The molecular weight excluding hydrogens is 230 g/mol. The molecular formula is C13H21N3O2. The molecule has 1 unspecified atom stereocenters. The molecule has 18 heavy (non-hydrogen) atoms. The first kappa shape index (κ1) is 14.3. The van der Waals surface area contributed by atoms with Gasteiger partial charge in [-0.25, -0.2) is 9.78 Å². The highest BCUT2D eigenvalue weighted by Crippen LogP contribution is 2.36. The summed E-state index contributed by atoms with van der Waals surface area (Å²) < 4.78 is 0. The number of aryl methyl sites for hydroxylation is 2. The molecule has 0 aliphatic heterocycles. The number of nitrogens with one attached hydrogen (secondary N) is 1. The van der Waals surface area contributed by atoms with Crippen molar-refractivity contribution in [1.29, 1.82) is 0 Å². The van der Waals surface area contributed by atoms with Crippen LogP contribution in [0, 0.1) is 19.3 Å². The first-order valence-corrected chi connectivity index (χ1v) is 5.86. The smallest absolute Gasteiger partial charge is 0.405 e. The van der Waals surface area contributed by atoms with E-state index in [0.29, 0.717) is 5.82 Å². The quantitative estimate of drug-likeness (QED) is 0.754. The van der Waals surface area contributed by atoms with Crippen molar-refractivity contribution in [3.8, 4) is 0 Å². The van der Waals surface area contributed by atoms with Crippen molar-refractivity contribution in [1.82, 2.24) is 10.3 Å². The van der Waals surface area contributed by atoms with Crippen LogP contribution in [-0.2, 0) is 0 Å². The van der Waals surface area contributed by atoms with Gasteiger partial charge in [-0.3, -0.25) is 0 Å². The molecule has 1 aromatic rings. The van der Waals surface area contributed by atoms with Crippen molar-refractivity contribution in [2.75, 3.05) is 5.73 Å². The summed E-state index contributed by atoms with van der Waals surface area (Å²) >= 11 is 0. The number of carbonyl (C=O) groups is 1. The summed E-state index contributed by atoms with van der Waals surface area (Å²) in [6.07, 6.45) is -1.04. The second-order valence-corrected chi connectivity index (χ2v) is 5.61. The maximum atomic E-state index is 11.0. The largest absolute Gasteiger partial charge is 0.465 e. The van der Waals surface area contributed by atoms with E-state index < -0.39 is 6.09 Å². The van der Waals surface area contributed by atoms with Gasteiger partial charge in [0, 0.05) is 5.69 Å². The van der Waals surface area contributed by atoms with Crippen LogP contribution in [0.15, 0.2) is 6.07 Å². The molecule has 100 valence electrons. The van der Waals surface area contributed by atoms with E-state index in [1.54, 1.807) is 6.07 Å². The van der Waals surface area contributed by atoms with Crippen LogP contribution in [-0.4, -0.2) is 16.2 Å². The molecule has 1 rings (SSSR count). The Balaban J connectivity index is 3.34. The van der Waals surface area contributed by atoms with Gasteiger partial charge >= 0.3 is 6.09 Å². The van der Waals surface area contributed by atoms with Gasteiger partial charge in [-0.1, -0.05) is 20.8 Å². The molecule has 1 amide bonds. The van der Waals surface area contributed by atoms with Gasteiger partial charge < -0.3 is 16.2 Å². The summed E-state index contributed by atoms with van der Waals surface area (Å²) in [5, 5.41) is 11.6. The van der Waals surface area contributed by atoms with Crippen molar-refractivity contribution < 1.29 is 9.90 Å². The number of anilines is 1. The van der Waals surface area contributed by atoms with Crippen molar-refractivity contribution in [2.24, 2.45) is 5.41 Å². The predicted octanol–water partition coefficient (Wildman–Crippen LogP) is 2.64. The zero-order valence-corrected chi connectivity index (χ0v) is 11.5. The highest BCUT2D eigenvalue weighted by atomic mass is 16.4. The number of rotatable bonds is 2. The minimum absolute atomic E-state index is 0.244. The Morgan fingerprint density at radius 2 is 2.00 bits per heavy atom. The lowest BCUT2D eigenvalue weighted by Gasteiger charge is -2.32. The topological polar surface area (TPSA) is 88.2 Å². The maximum absolute atomic E-state index is 11.0. The van der Waals surface area contributed by atoms with Gasteiger partial charge in [-0.2, -0.15) is 0 Å². The number of nitrogens with zero attached hydrogens (tertiary/aromatic N) is 1. The number of nitrogen functional groups attached to an aromatic ring is 1. The Hall–Kier alpha value is -1.78. The number of hydrogen-bond acceptors (Lipinski definition) is 3. The zero-order chi connectivity index (χ0) is 14.1. The van der Waals surface area contributed by atoms with Crippen molar-refractivity contribution in [3.63, 3.8) is 0 Å². The zero-order valence-electron chi connectivity index (χ0n) is 11.5. The number of pyridine rings is 1. The highest BCUT2D eigenvalue weighted by Gasteiger charge is 2.30. The summed E-state index contributed by atoms with van der Waals surface area (Å²) in [5.74, 6) is 0.455. The Labute approximate surface area is 107 Å². The van der Waals surface area contributed by atoms with Crippen molar-refractivity contribution in [3.05, 3.63) is 22.9 Å². The molecule has 0 spiro atoms. The Morgan fingerprint density at radius 1 is 1.44 bits per heavy atom. The number of nitrogens with two attached hydrogens (primary N) is 1. The SMILES string of the molecule is Cc1cc(N)nc(C)c1C(NC(=O)O)C(C)(C)C. The molecule has 0 saturated heterocycles. The minimum Gasteiger partial charge on any atom is -0.465 e. The van der Waals surface area contributed by atoms with Gasteiger partial charge in [-0.05, 0) is 36.5 Å². The standard InChI is InChI=1S/C13H21N3O2/c1-7-6-9(14)15-8(2)10(7)11(13(3,4)5)16-12(17)18/h6,11,16H,1-5H3,(H2,14,15)(H,17,18). The molecule has 1 atom stereocenters. The van der Waals surface area contributed by atoms with Crippen LogP contribution in [0.2, 0.25) is 0 Å². The summed E-state index contributed by atoms with van der Waals surface area (Å²) in [6, 6.07) is 1.45. The van der Waals surface area contributed by atoms with Crippen molar-refractivity contribution >= 4 is 11.9 Å². The lowest BCUT2D eigenvalue weighted by atomic mass is 9.80. The average molecular weight is 251 g/mol. The lowest BCUT2D eigenvalue weighted by molar-refractivity contribution is 0.174. The van der Waals surface area contributed by atoms with Crippen LogP contribution in [0.5, 0.6) is 0 Å². The van der Waals surface area contributed by atoms with Gasteiger partial charge in [0.2, 0.25) is 0 Å². The normalized spacial score (nSPS) is 13.2. The number of hydrogen-bond donors (Lipinski definition) is 3. The van der Waals surface area contributed by atoms with Gasteiger partial charge in [0.1, 0.15) is 5.82 Å². The third-order valence-electron chi connectivity index (χ3n) is 2.90. The van der Waals surface area contributed by atoms with E-state index >= 15 is 0 Å². The molecule has 0 aliphatic rings. The third-order valence-corrected chi connectivity index (χ3v) is 2.90.